The van der Waals surface area contributed by atoms with E-state index >= 15 is 0 Å². The average Bonchev–Trinajstić information content (AvgIpc) is 3.03. The Morgan fingerprint density at radius 3 is 2.68 bits per heavy atom. The Kier molecular flexibility index (Phi) is 2.60. The molecule has 2 aliphatic rings. The van der Waals surface area contributed by atoms with Gasteiger partial charge in [0.2, 0.25) is 5.91 Å². The van der Waals surface area contributed by atoms with Crippen LogP contribution < -0.4 is 10.6 Å². The smallest absolute Gasteiger partial charge is 0.304 e. The number of hydrogen-bond acceptors (Lipinski definition) is 3. The molecule has 1 aliphatic carbocycles. The zero-order chi connectivity index (χ0) is 13.6. The molecular formula is C14H16N2O3. The van der Waals surface area contributed by atoms with E-state index in [0.717, 1.165) is 11.3 Å². The highest BCUT2D eigenvalue weighted by Gasteiger charge is 2.50. The number of carboxylic acid groups (broad SMARTS) is 1. The Hall–Kier alpha value is -1.88. The maximum absolute atomic E-state index is 12.4. The second-order valence-corrected chi connectivity index (χ2v) is 5.43. The molecule has 1 saturated carbocycles. The van der Waals surface area contributed by atoms with Crippen molar-refractivity contribution < 1.29 is 14.7 Å². The summed E-state index contributed by atoms with van der Waals surface area (Å²) in [7, 11) is 0. The number of hydrogen-bond donors (Lipinski definition) is 2. The summed E-state index contributed by atoms with van der Waals surface area (Å²) in [5.41, 5.74) is 7.00. The molecule has 0 spiro atoms. The molecule has 3 N–H and O–H groups in total. The molecule has 0 bridgehead atoms. The van der Waals surface area contributed by atoms with Crippen molar-refractivity contribution in [3.8, 4) is 0 Å². The fourth-order valence-electron chi connectivity index (χ4n) is 2.69. The van der Waals surface area contributed by atoms with E-state index in [1.54, 1.807) is 4.90 Å². The van der Waals surface area contributed by atoms with E-state index in [4.69, 9.17) is 10.8 Å². The van der Waals surface area contributed by atoms with Gasteiger partial charge in [-0.05, 0) is 24.5 Å². The zero-order valence-corrected chi connectivity index (χ0v) is 10.5. The highest BCUT2D eigenvalue weighted by molar-refractivity contribution is 6.03. The third-order valence-corrected chi connectivity index (χ3v) is 3.95. The van der Waals surface area contributed by atoms with Crippen LogP contribution >= 0.6 is 0 Å². The van der Waals surface area contributed by atoms with Crippen LogP contribution in [0.1, 0.15) is 30.7 Å². The predicted molar refractivity (Wildman–Crippen MR) is 69.9 cm³/mol. The zero-order valence-electron chi connectivity index (χ0n) is 10.5. The van der Waals surface area contributed by atoms with Crippen LogP contribution in [0, 0.1) is 0 Å². The van der Waals surface area contributed by atoms with Crippen LogP contribution in [0.3, 0.4) is 0 Å². The highest BCUT2D eigenvalue weighted by Crippen LogP contribution is 2.42. The summed E-state index contributed by atoms with van der Waals surface area (Å²) >= 11 is 0. The lowest BCUT2D eigenvalue weighted by Gasteiger charge is -2.21. The molecule has 1 heterocycles. The monoisotopic (exact) mass is 260 g/mol. The van der Waals surface area contributed by atoms with Crippen molar-refractivity contribution in [2.45, 2.75) is 30.7 Å². The molecule has 1 aliphatic heterocycles. The molecule has 1 aromatic rings. The van der Waals surface area contributed by atoms with Crippen LogP contribution in [0.5, 0.6) is 0 Å². The minimum Gasteiger partial charge on any atom is -0.481 e. The summed E-state index contributed by atoms with van der Waals surface area (Å²) in [6.45, 7) is 0.420. The number of anilines is 1. The van der Waals surface area contributed by atoms with E-state index in [1.165, 1.54) is 0 Å². The number of para-hydroxylation sites is 1. The molecule has 0 aromatic heterocycles. The first kappa shape index (κ1) is 12.2. The summed E-state index contributed by atoms with van der Waals surface area (Å²) < 4.78 is 0. The van der Waals surface area contributed by atoms with Crippen molar-refractivity contribution >= 4 is 17.6 Å². The highest BCUT2D eigenvalue weighted by atomic mass is 16.4. The van der Waals surface area contributed by atoms with Crippen LogP contribution in [-0.4, -0.2) is 29.1 Å². The number of carboxylic acids is 1. The molecule has 0 saturated heterocycles. The number of fused-ring (bicyclic) bond motifs is 1. The van der Waals surface area contributed by atoms with Crippen molar-refractivity contribution in [3.63, 3.8) is 0 Å². The second-order valence-electron chi connectivity index (χ2n) is 5.43. The lowest BCUT2D eigenvalue weighted by atomic mass is 9.98. The fraction of sp³-hybridized carbons (Fsp3) is 0.429. The first-order chi connectivity index (χ1) is 9.01. The van der Waals surface area contributed by atoms with Gasteiger partial charge in [0.05, 0.1) is 12.0 Å². The van der Waals surface area contributed by atoms with E-state index < -0.39 is 11.5 Å². The Labute approximate surface area is 111 Å². The Balaban J connectivity index is 1.92. The van der Waals surface area contributed by atoms with Crippen LogP contribution in [0.2, 0.25) is 0 Å². The minimum atomic E-state index is -0.844. The SMILES string of the molecule is NC1(C(=O)N2CC(CC(=O)O)c3ccccc32)CC1. The quantitative estimate of drug-likeness (QED) is 0.852. The fourth-order valence-corrected chi connectivity index (χ4v) is 2.69. The Bertz CT molecular complexity index is 551. The molecule has 5 nitrogen and oxygen atoms in total. The summed E-state index contributed by atoms with van der Waals surface area (Å²) in [5.74, 6) is -1.06. The lowest BCUT2D eigenvalue weighted by Crippen LogP contribution is -2.45. The van der Waals surface area contributed by atoms with Crippen LogP contribution in [0.25, 0.3) is 0 Å². The van der Waals surface area contributed by atoms with Gasteiger partial charge < -0.3 is 15.7 Å². The second kappa shape index (κ2) is 4.06. The van der Waals surface area contributed by atoms with Crippen molar-refractivity contribution in [1.82, 2.24) is 0 Å². The van der Waals surface area contributed by atoms with Gasteiger partial charge in [0.1, 0.15) is 0 Å². The summed E-state index contributed by atoms with van der Waals surface area (Å²) in [5, 5.41) is 8.97. The van der Waals surface area contributed by atoms with E-state index in [2.05, 4.69) is 0 Å². The van der Waals surface area contributed by atoms with Gasteiger partial charge in [0.15, 0.2) is 0 Å². The number of carbonyl (C=O) groups excluding carboxylic acids is 1. The van der Waals surface area contributed by atoms with Crippen molar-refractivity contribution in [2.24, 2.45) is 5.73 Å². The number of amides is 1. The largest absolute Gasteiger partial charge is 0.481 e. The molecule has 3 rings (SSSR count). The van der Waals surface area contributed by atoms with Crippen LogP contribution in [-0.2, 0) is 9.59 Å². The Morgan fingerprint density at radius 2 is 2.05 bits per heavy atom. The van der Waals surface area contributed by atoms with Crippen molar-refractivity contribution in [3.05, 3.63) is 29.8 Å². The number of nitrogens with two attached hydrogens (primary N) is 1. The van der Waals surface area contributed by atoms with Crippen LogP contribution in [0.4, 0.5) is 5.69 Å². The van der Waals surface area contributed by atoms with E-state index in [-0.39, 0.29) is 18.2 Å². The molecule has 19 heavy (non-hydrogen) atoms. The first-order valence-electron chi connectivity index (χ1n) is 6.43. The van der Waals surface area contributed by atoms with Gasteiger partial charge in [0, 0.05) is 18.2 Å². The average molecular weight is 260 g/mol. The van der Waals surface area contributed by atoms with Gasteiger partial charge in [-0.15, -0.1) is 0 Å². The van der Waals surface area contributed by atoms with Gasteiger partial charge in [-0.25, -0.2) is 0 Å². The predicted octanol–water partition coefficient (Wildman–Crippen LogP) is 1.08. The van der Waals surface area contributed by atoms with E-state index in [9.17, 15) is 9.59 Å². The third-order valence-electron chi connectivity index (χ3n) is 3.95. The van der Waals surface area contributed by atoms with Crippen LogP contribution in [0.15, 0.2) is 24.3 Å². The van der Waals surface area contributed by atoms with Gasteiger partial charge in [-0.1, -0.05) is 18.2 Å². The number of nitrogens with zero attached hydrogens (tertiary/aromatic N) is 1. The topological polar surface area (TPSA) is 83.6 Å². The maximum atomic E-state index is 12.4. The molecule has 5 heteroatoms. The summed E-state index contributed by atoms with van der Waals surface area (Å²) in [4.78, 5) is 25.0. The number of carbonyl (C=O) groups is 2. The van der Waals surface area contributed by atoms with E-state index in [1.807, 2.05) is 24.3 Å². The van der Waals surface area contributed by atoms with Gasteiger partial charge in [-0.2, -0.15) is 0 Å². The molecule has 1 unspecified atom stereocenters. The minimum absolute atomic E-state index is 0.0400. The molecule has 1 atom stereocenters. The van der Waals surface area contributed by atoms with Gasteiger partial charge in [0.25, 0.3) is 0 Å². The lowest BCUT2D eigenvalue weighted by molar-refractivity contribution is -0.137. The maximum Gasteiger partial charge on any atom is 0.304 e. The molecule has 1 amide bonds. The molecule has 1 fully saturated rings. The third kappa shape index (κ3) is 2.00. The molecular weight excluding hydrogens is 244 g/mol. The summed E-state index contributed by atoms with van der Waals surface area (Å²) in [6, 6.07) is 7.49. The summed E-state index contributed by atoms with van der Waals surface area (Å²) in [6.07, 6.45) is 1.47. The standard InChI is InChI=1S/C14H16N2O3/c15-14(5-6-14)13(19)16-8-9(7-12(17)18)10-3-1-2-4-11(10)16/h1-4,9H,5-8,15H2,(H,17,18). The molecule has 100 valence electrons. The van der Waals surface area contributed by atoms with E-state index in [0.29, 0.717) is 19.4 Å². The first-order valence-corrected chi connectivity index (χ1v) is 6.43. The molecule has 1 aromatic carbocycles. The molecule has 0 radical (unpaired) electrons. The number of benzene rings is 1. The number of aliphatic carboxylic acids is 1. The van der Waals surface area contributed by atoms with Gasteiger partial charge >= 0.3 is 5.97 Å². The Morgan fingerprint density at radius 1 is 1.37 bits per heavy atom. The van der Waals surface area contributed by atoms with Crippen molar-refractivity contribution in [2.75, 3.05) is 11.4 Å². The number of rotatable bonds is 3. The normalized spacial score (nSPS) is 23.0. The van der Waals surface area contributed by atoms with Crippen molar-refractivity contribution in [1.29, 1.82) is 0 Å². The van der Waals surface area contributed by atoms with Gasteiger partial charge in [-0.3, -0.25) is 9.59 Å².